The number of piperidine rings is 1. The highest BCUT2D eigenvalue weighted by atomic mass is 127. The smallest absolute Gasteiger partial charge is 0.190 e. The quantitative estimate of drug-likeness (QED) is 0.395. The highest BCUT2D eigenvalue weighted by Gasteiger charge is 2.16. The molecule has 0 atom stereocenters. The summed E-state index contributed by atoms with van der Waals surface area (Å²) in [6.45, 7) is 3.72. The predicted molar refractivity (Wildman–Crippen MR) is 102 cm³/mol. The van der Waals surface area contributed by atoms with Crippen molar-refractivity contribution < 1.29 is 5.11 Å². The van der Waals surface area contributed by atoms with Gasteiger partial charge in [-0.1, -0.05) is 24.3 Å². The van der Waals surface area contributed by atoms with E-state index in [2.05, 4.69) is 44.8 Å². The van der Waals surface area contributed by atoms with Gasteiger partial charge < -0.3 is 15.7 Å². The Hall–Kier alpha value is -0.860. The number of hydrogen-bond donors (Lipinski definition) is 3. The largest absolute Gasteiger partial charge is 0.393 e. The van der Waals surface area contributed by atoms with E-state index in [4.69, 9.17) is 0 Å². The van der Waals surface area contributed by atoms with Crippen molar-refractivity contribution in [1.82, 2.24) is 15.5 Å². The van der Waals surface area contributed by atoms with Gasteiger partial charge in [-0.2, -0.15) is 0 Å². The minimum Gasteiger partial charge on any atom is -0.393 e. The third kappa shape index (κ3) is 6.10. The van der Waals surface area contributed by atoms with Crippen LogP contribution in [0.2, 0.25) is 0 Å². The Labute approximate surface area is 150 Å². The van der Waals surface area contributed by atoms with Crippen LogP contribution in [0.15, 0.2) is 29.3 Å². The summed E-state index contributed by atoms with van der Waals surface area (Å²) in [5, 5.41) is 15.8. The summed E-state index contributed by atoms with van der Waals surface area (Å²) in [6, 6.07) is 8.68. The Morgan fingerprint density at radius 2 is 1.82 bits per heavy atom. The fraction of sp³-hybridized carbons (Fsp3) is 0.562. The lowest BCUT2D eigenvalue weighted by Gasteiger charge is -2.29. The number of halogens is 1. The van der Waals surface area contributed by atoms with Crippen LogP contribution in [0.5, 0.6) is 0 Å². The number of likely N-dealkylation sites (tertiary alicyclic amines) is 1. The Morgan fingerprint density at radius 3 is 2.36 bits per heavy atom. The van der Waals surface area contributed by atoms with E-state index < -0.39 is 0 Å². The SMILES string of the molecule is CN=C(NC)NCc1ccc(CN2CCC(O)CC2)cc1.I. The van der Waals surface area contributed by atoms with E-state index in [1.807, 2.05) is 7.05 Å². The number of hydrogen-bond acceptors (Lipinski definition) is 3. The molecule has 0 amide bonds. The van der Waals surface area contributed by atoms with Gasteiger partial charge in [-0.15, -0.1) is 24.0 Å². The molecule has 1 aromatic carbocycles. The molecule has 1 aliphatic rings. The zero-order valence-electron chi connectivity index (χ0n) is 13.4. The predicted octanol–water partition coefficient (Wildman–Crippen LogP) is 1.56. The maximum absolute atomic E-state index is 9.53. The highest BCUT2D eigenvalue weighted by Crippen LogP contribution is 2.14. The number of aliphatic hydroxyl groups excluding tert-OH is 1. The number of rotatable bonds is 4. The first-order valence-electron chi connectivity index (χ1n) is 7.58. The summed E-state index contributed by atoms with van der Waals surface area (Å²) in [6.07, 6.45) is 1.69. The number of nitrogens with zero attached hydrogens (tertiary/aromatic N) is 2. The van der Waals surface area contributed by atoms with Crippen LogP contribution in [0, 0.1) is 0 Å². The molecule has 22 heavy (non-hydrogen) atoms. The Kier molecular flexibility index (Phi) is 8.74. The van der Waals surface area contributed by atoms with Gasteiger partial charge in [-0.25, -0.2) is 0 Å². The fourth-order valence-electron chi connectivity index (χ4n) is 2.56. The lowest BCUT2D eigenvalue weighted by Crippen LogP contribution is -2.35. The van der Waals surface area contributed by atoms with Gasteiger partial charge in [0.15, 0.2) is 5.96 Å². The summed E-state index contributed by atoms with van der Waals surface area (Å²) in [7, 11) is 3.62. The van der Waals surface area contributed by atoms with Crippen molar-refractivity contribution in [1.29, 1.82) is 0 Å². The van der Waals surface area contributed by atoms with Gasteiger partial charge in [0.1, 0.15) is 0 Å². The van der Waals surface area contributed by atoms with Crippen molar-refractivity contribution in [2.75, 3.05) is 27.2 Å². The Bertz CT molecular complexity index is 456. The maximum Gasteiger partial charge on any atom is 0.190 e. The van der Waals surface area contributed by atoms with E-state index in [-0.39, 0.29) is 30.1 Å². The molecule has 0 bridgehead atoms. The average molecular weight is 418 g/mol. The molecule has 3 N–H and O–H groups in total. The van der Waals surface area contributed by atoms with Crippen molar-refractivity contribution in [3.63, 3.8) is 0 Å². The van der Waals surface area contributed by atoms with Crippen LogP contribution in [0.3, 0.4) is 0 Å². The molecule has 0 aliphatic carbocycles. The molecule has 1 aromatic rings. The van der Waals surface area contributed by atoms with Gasteiger partial charge in [0.25, 0.3) is 0 Å². The monoisotopic (exact) mass is 418 g/mol. The van der Waals surface area contributed by atoms with E-state index in [1.165, 1.54) is 11.1 Å². The van der Waals surface area contributed by atoms with E-state index in [9.17, 15) is 5.11 Å². The molecule has 1 saturated heterocycles. The summed E-state index contributed by atoms with van der Waals surface area (Å²) >= 11 is 0. The Balaban J connectivity index is 0.00000242. The summed E-state index contributed by atoms with van der Waals surface area (Å²) in [4.78, 5) is 6.50. The van der Waals surface area contributed by atoms with Gasteiger partial charge in [-0.3, -0.25) is 9.89 Å². The van der Waals surface area contributed by atoms with Gasteiger partial charge in [0, 0.05) is 40.3 Å². The minimum absolute atomic E-state index is 0. The van der Waals surface area contributed by atoms with E-state index >= 15 is 0 Å². The summed E-state index contributed by atoms with van der Waals surface area (Å²) in [5.41, 5.74) is 2.57. The molecule has 5 nitrogen and oxygen atoms in total. The molecule has 0 saturated carbocycles. The molecule has 1 aliphatic heterocycles. The first kappa shape index (κ1) is 19.2. The molecule has 6 heteroatoms. The molecular formula is C16H27IN4O. The van der Waals surface area contributed by atoms with E-state index in [0.29, 0.717) is 0 Å². The molecule has 1 fully saturated rings. The molecule has 0 unspecified atom stereocenters. The van der Waals surface area contributed by atoms with Gasteiger partial charge in [-0.05, 0) is 24.0 Å². The molecule has 0 aromatic heterocycles. The van der Waals surface area contributed by atoms with Crippen LogP contribution in [-0.4, -0.2) is 49.3 Å². The van der Waals surface area contributed by atoms with Crippen LogP contribution in [0.4, 0.5) is 0 Å². The molecule has 1 heterocycles. The van der Waals surface area contributed by atoms with Crippen LogP contribution < -0.4 is 10.6 Å². The van der Waals surface area contributed by atoms with Crippen molar-refractivity contribution in [2.45, 2.75) is 32.0 Å². The summed E-state index contributed by atoms with van der Waals surface area (Å²) in [5.74, 6) is 0.797. The second-order valence-corrected chi connectivity index (χ2v) is 5.50. The first-order valence-corrected chi connectivity index (χ1v) is 7.58. The van der Waals surface area contributed by atoms with Crippen LogP contribution in [0.1, 0.15) is 24.0 Å². The lowest BCUT2D eigenvalue weighted by molar-refractivity contribution is 0.0792. The van der Waals surface area contributed by atoms with Gasteiger partial charge in [0.2, 0.25) is 0 Å². The Morgan fingerprint density at radius 1 is 1.23 bits per heavy atom. The van der Waals surface area contributed by atoms with Gasteiger partial charge >= 0.3 is 0 Å². The molecular weight excluding hydrogens is 391 g/mol. The van der Waals surface area contributed by atoms with Crippen molar-refractivity contribution in [3.8, 4) is 0 Å². The molecule has 0 spiro atoms. The van der Waals surface area contributed by atoms with E-state index in [1.54, 1.807) is 7.05 Å². The fourth-order valence-corrected chi connectivity index (χ4v) is 2.56. The zero-order valence-corrected chi connectivity index (χ0v) is 15.7. The number of aliphatic hydroxyl groups is 1. The normalized spacial score (nSPS) is 17.0. The number of guanidine groups is 1. The summed E-state index contributed by atoms with van der Waals surface area (Å²) < 4.78 is 0. The van der Waals surface area contributed by atoms with Crippen LogP contribution >= 0.6 is 24.0 Å². The third-order valence-corrected chi connectivity index (χ3v) is 3.91. The topological polar surface area (TPSA) is 59.9 Å². The number of benzene rings is 1. The van der Waals surface area contributed by atoms with Gasteiger partial charge in [0.05, 0.1) is 6.10 Å². The number of aliphatic imine (C=N–C) groups is 1. The van der Waals surface area contributed by atoms with Crippen molar-refractivity contribution >= 4 is 29.9 Å². The first-order chi connectivity index (χ1) is 10.2. The average Bonchev–Trinajstić information content (AvgIpc) is 2.52. The van der Waals surface area contributed by atoms with Crippen LogP contribution in [0.25, 0.3) is 0 Å². The third-order valence-electron chi connectivity index (χ3n) is 3.91. The van der Waals surface area contributed by atoms with Crippen molar-refractivity contribution in [2.24, 2.45) is 4.99 Å². The standard InChI is InChI=1S/C16H26N4O.HI/c1-17-16(18-2)19-11-13-3-5-14(6-4-13)12-20-9-7-15(21)8-10-20;/h3-6,15,21H,7-12H2,1-2H3,(H2,17,18,19);1H. The maximum atomic E-state index is 9.53. The highest BCUT2D eigenvalue weighted by molar-refractivity contribution is 14.0. The molecule has 0 radical (unpaired) electrons. The van der Waals surface area contributed by atoms with Crippen molar-refractivity contribution in [3.05, 3.63) is 35.4 Å². The lowest BCUT2D eigenvalue weighted by atomic mass is 10.1. The molecule has 2 rings (SSSR count). The second-order valence-electron chi connectivity index (χ2n) is 5.50. The zero-order chi connectivity index (χ0) is 15.1. The van der Waals surface area contributed by atoms with E-state index in [0.717, 1.165) is 45.0 Å². The number of nitrogens with one attached hydrogen (secondary N) is 2. The van der Waals surface area contributed by atoms with Crippen LogP contribution in [-0.2, 0) is 13.1 Å². The minimum atomic E-state index is -0.101. The second kappa shape index (κ2) is 10.0. The molecule has 124 valence electrons.